The maximum atomic E-state index is 12.5. The highest BCUT2D eigenvalue weighted by Gasteiger charge is 2.31. The summed E-state index contributed by atoms with van der Waals surface area (Å²) in [6.45, 7) is -0.409. The number of ether oxygens (including phenoxy) is 1. The Labute approximate surface area is 192 Å². The predicted molar refractivity (Wildman–Crippen MR) is 121 cm³/mol. The van der Waals surface area contributed by atoms with Gasteiger partial charge >= 0.3 is 12.1 Å². The molecule has 2 aliphatic rings. The van der Waals surface area contributed by atoms with Gasteiger partial charge in [0.1, 0.15) is 12.6 Å². The molecular formula is C25H28N2O6. The van der Waals surface area contributed by atoms with Gasteiger partial charge in [0.15, 0.2) is 0 Å². The summed E-state index contributed by atoms with van der Waals surface area (Å²) in [5.74, 6) is -1.65. The lowest BCUT2D eigenvalue weighted by Gasteiger charge is -2.17. The van der Waals surface area contributed by atoms with Crippen molar-refractivity contribution in [2.24, 2.45) is 5.92 Å². The van der Waals surface area contributed by atoms with Crippen LogP contribution >= 0.6 is 0 Å². The van der Waals surface area contributed by atoms with Crippen molar-refractivity contribution in [3.8, 4) is 11.1 Å². The molecule has 2 aromatic carbocycles. The lowest BCUT2D eigenvalue weighted by Crippen LogP contribution is -2.43. The van der Waals surface area contributed by atoms with Gasteiger partial charge in [-0.05, 0) is 47.4 Å². The van der Waals surface area contributed by atoms with Crippen LogP contribution in [0.25, 0.3) is 11.1 Å². The van der Waals surface area contributed by atoms with E-state index in [4.69, 9.17) is 14.9 Å². The lowest BCUT2D eigenvalue weighted by molar-refractivity contribution is -0.143. The van der Waals surface area contributed by atoms with E-state index in [1.165, 1.54) is 11.1 Å². The minimum atomic E-state index is -1.30. The van der Waals surface area contributed by atoms with Crippen LogP contribution in [0.1, 0.15) is 42.7 Å². The van der Waals surface area contributed by atoms with Gasteiger partial charge in [0.05, 0.1) is 6.61 Å². The molecular weight excluding hydrogens is 424 g/mol. The first-order valence-electron chi connectivity index (χ1n) is 11.2. The summed E-state index contributed by atoms with van der Waals surface area (Å²) in [5.41, 5.74) is 4.65. The molecule has 3 atom stereocenters. The zero-order valence-corrected chi connectivity index (χ0v) is 18.2. The van der Waals surface area contributed by atoms with Gasteiger partial charge in [-0.3, -0.25) is 4.79 Å². The summed E-state index contributed by atoms with van der Waals surface area (Å²) in [6.07, 6.45) is 1.78. The van der Waals surface area contributed by atoms with Crippen LogP contribution in [0.4, 0.5) is 4.79 Å². The number of carbonyl (C=O) groups excluding carboxylic acids is 2. The highest BCUT2D eigenvalue weighted by Crippen LogP contribution is 2.44. The van der Waals surface area contributed by atoms with Crippen molar-refractivity contribution in [1.29, 1.82) is 0 Å². The Balaban J connectivity index is 1.26. The molecule has 0 radical (unpaired) electrons. The Hall–Kier alpha value is -3.39. The molecule has 2 aliphatic carbocycles. The maximum absolute atomic E-state index is 12.5. The molecule has 4 N–H and O–H groups in total. The minimum absolute atomic E-state index is 0.00289. The molecule has 8 nitrogen and oxygen atoms in total. The van der Waals surface area contributed by atoms with Crippen LogP contribution in [0.3, 0.4) is 0 Å². The fraction of sp³-hybridized carbons (Fsp3) is 0.400. The minimum Gasteiger partial charge on any atom is -0.480 e. The van der Waals surface area contributed by atoms with Crippen LogP contribution in [0.15, 0.2) is 48.5 Å². The normalized spacial score (nSPS) is 19.9. The van der Waals surface area contributed by atoms with E-state index in [0.29, 0.717) is 6.42 Å². The number of aliphatic carboxylic acids is 1. The zero-order valence-electron chi connectivity index (χ0n) is 18.2. The zero-order chi connectivity index (χ0) is 23.4. The summed E-state index contributed by atoms with van der Waals surface area (Å²) in [6, 6.07) is 14.9. The first-order chi connectivity index (χ1) is 16.0. The van der Waals surface area contributed by atoms with Gasteiger partial charge in [-0.15, -0.1) is 0 Å². The molecule has 1 saturated carbocycles. The molecule has 0 unspecified atom stereocenters. The van der Waals surface area contributed by atoms with Crippen LogP contribution in [0.2, 0.25) is 0 Å². The van der Waals surface area contributed by atoms with E-state index in [1.807, 2.05) is 24.3 Å². The third-order valence-electron chi connectivity index (χ3n) is 6.50. The highest BCUT2D eigenvalue weighted by molar-refractivity contribution is 5.83. The molecule has 0 aromatic heterocycles. The Bertz CT molecular complexity index is 994. The number of carboxylic acid groups (broad SMARTS) is 1. The fourth-order valence-electron chi connectivity index (χ4n) is 4.90. The first-order valence-corrected chi connectivity index (χ1v) is 11.2. The van der Waals surface area contributed by atoms with Gasteiger partial charge in [0.2, 0.25) is 5.91 Å². The van der Waals surface area contributed by atoms with Gasteiger partial charge in [0, 0.05) is 18.4 Å². The van der Waals surface area contributed by atoms with E-state index >= 15 is 0 Å². The number of nitrogens with one attached hydrogen (secondary N) is 2. The molecule has 4 rings (SSSR count). The molecule has 0 spiro atoms. The number of benzene rings is 2. The SMILES string of the molecule is O=C(C[C@H]1CC[C@@H](NC(=O)OCC2c3ccccc3-c3ccccc32)C1)N[C@H](CO)C(=O)O. The third kappa shape index (κ3) is 5.17. The first kappa shape index (κ1) is 22.8. The van der Waals surface area contributed by atoms with Crippen LogP contribution in [-0.4, -0.2) is 53.5 Å². The largest absolute Gasteiger partial charge is 0.480 e. The van der Waals surface area contributed by atoms with Gasteiger partial charge in [-0.25, -0.2) is 9.59 Å². The number of rotatable bonds is 8. The number of hydrogen-bond acceptors (Lipinski definition) is 5. The van der Waals surface area contributed by atoms with E-state index in [2.05, 4.69) is 34.9 Å². The van der Waals surface area contributed by atoms with Gasteiger partial charge in [-0.2, -0.15) is 0 Å². The number of amides is 2. The van der Waals surface area contributed by atoms with Crippen LogP contribution in [0, 0.1) is 5.92 Å². The average molecular weight is 453 g/mol. The monoisotopic (exact) mass is 452 g/mol. The number of fused-ring (bicyclic) bond motifs is 3. The quantitative estimate of drug-likeness (QED) is 0.488. The van der Waals surface area contributed by atoms with Gasteiger partial charge in [0.25, 0.3) is 0 Å². The summed E-state index contributed by atoms with van der Waals surface area (Å²) < 4.78 is 5.59. The maximum Gasteiger partial charge on any atom is 0.407 e. The smallest absolute Gasteiger partial charge is 0.407 e. The number of carboxylic acids is 1. The topological polar surface area (TPSA) is 125 Å². The van der Waals surface area contributed by atoms with E-state index in [0.717, 1.165) is 24.0 Å². The molecule has 2 amide bonds. The molecule has 1 fully saturated rings. The molecule has 8 heteroatoms. The standard InChI is InChI=1S/C25H28N2O6/c28-13-22(24(30)31)27-23(29)12-15-9-10-16(11-15)26-25(32)33-14-21-19-7-3-1-5-17(19)18-6-2-4-8-20(18)21/h1-8,15-16,21-22,28H,9-14H2,(H,26,32)(H,27,29)(H,30,31)/t15-,16+,22+/m0/s1. The average Bonchev–Trinajstić information content (AvgIpc) is 3.37. The number of hydrogen-bond donors (Lipinski definition) is 4. The highest BCUT2D eigenvalue weighted by atomic mass is 16.5. The summed E-state index contributed by atoms with van der Waals surface area (Å²) in [7, 11) is 0. The summed E-state index contributed by atoms with van der Waals surface area (Å²) >= 11 is 0. The summed E-state index contributed by atoms with van der Waals surface area (Å²) in [4.78, 5) is 35.5. The Morgan fingerprint density at radius 1 is 1.00 bits per heavy atom. The number of aliphatic hydroxyl groups is 1. The molecule has 0 aliphatic heterocycles. The van der Waals surface area contributed by atoms with E-state index in [9.17, 15) is 14.4 Å². The molecule has 174 valence electrons. The van der Waals surface area contributed by atoms with Crippen LogP contribution in [-0.2, 0) is 14.3 Å². The Kier molecular flexibility index (Phi) is 6.93. The van der Waals surface area contributed by atoms with Crippen molar-refractivity contribution in [2.75, 3.05) is 13.2 Å². The molecule has 0 saturated heterocycles. The van der Waals surface area contributed by atoms with Crippen molar-refractivity contribution in [1.82, 2.24) is 10.6 Å². The molecule has 2 aromatic rings. The Morgan fingerprint density at radius 3 is 2.24 bits per heavy atom. The van der Waals surface area contributed by atoms with Crippen molar-refractivity contribution < 1.29 is 29.3 Å². The van der Waals surface area contributed by atoms with Gasteiger partial charge < -0.3 is 25.6 Å². The predicted octanol–water partition coefficient (Wildman–Crippen LogP) is 2.65. The van der Waals surface area contributed by atoms with E-state index in [1.54, 1.807) is 0 Å². The second-order valence-corrected chi connectivity index (χ2v) is 8.69. The fourth-order valence-corrected chi connectivity index (χ4v) is 4.90. The van der Waals surface area contributed by atoms with Crippen molar-refractivity contribution in [2.45, 2.75) is 43.7 Å². The molecule has 0 bridgehead atoms. The van der Waals surface area contributed by atoms with Crippen molar-refractivity contribution in [3.63, 3.8) is 0 Å². The molecule has 0 heterocycles. The number of carbonyl (C=O) groups is 3. The lowest BCUT2D eigenvalue weighted by atomic mass is 9.98. The van der Waals surface area contributed by atoms with E-state index < -0.39 is 30.6 Å². The number of alkyl carbamates (subject to hydrolysis) is 1. The van der Waals surface area contributed by atoms with E-state index in [-0.39, 0.29) is 30.9 Å². The van der Waals surface area contributed by atoms with Gasteiger partial charge in [-0.1, -0.05) is 48.5 Å². The van der Waals surface area contributed by atoms with Crippen molar-refractivity contribution >= 4 is 18.0 Å². The van der Waals surface area contributed by atoms with Crippen LogP contribution in [0.5, 0.6) is 0 Å². The third-order valence-corrected chi connectivity index (χ3v) is 6.50. The molecule has 33 heavy (non-hydrogen) atoms. The number of aliphatic hydroxyl groups excluding tert-OH is 1. The van der Waals surface area contributed by atoms with Crippen LogP contribution < -0.4 is 10.6 Å². The summed E-state index contributed by atoms with van der Waals surface area (Å²) in [5, 5.41) is 23.2. The van der Waals surface area contributed by atoms with Crippen molar-refractivity contribution in [3.05, 3.63) is 59.7 Å². The Morgan fingerprint density at radius 2 is 1.64 bits per heavy atom. The second-order valence-electron chi connectivity index (χ2n) is 8.69. The second kappa shape index (κ2) is 10.0.